The topological polar surface area (TPSA) is 48.2 Å². The molecule has 2 unspecified atom stereocenters. The molecule has 80 valence electrons. The second-order valence-electron chi connectivity index (χ2n) is 3.38. The molecule has 2 rings (SSSR count). The Morgan fingerprint density at radius 1 is 1.38 bits per heavy atom. The number of aliphatic imine (C=N–C) groups is 1. The Kier molecular flexibility index (Phi) is 3.18. The van der Waals surface area contributed by atoms with Crippen LogP contribution in [0.2, 0.25) is 0 Å². The van der Waals surface area contributed by atoms with Crippen molar-refractivity contribution in [2.24, 2.45) is 10.9 Å². The molecule has 1 aliphatic heterocycles. The summed E-state index contributed by atoms with van der Waals surface area (Å²) in [6.45, 7) is 0. The third-order valence-electron chi connectivity index (χ3n) is 2.38. The maximum atomic E-state index is 9.08. The van der Waals surface area contributed by atoms with Crippen molar-refractivity contribution >= 4 is 34.1 Å². The van der Waals surface area contributed by atoms with Crippen molar-refractivity contribution in [3.05, 3.63) is 35.9 Å². The normalized spacial score (nSPS) is 24.2. The second kappa shape index (κ2) is 4.60. The summed E-state index contributed by atoms with van der Waals surface area (Å²) < 4.78 is 0. The highest BCUT2D eigenvalue weighted by Crippen LogP contribution is 2.27. The van der Waals surface area contributed by atoms with Crippen LogP contribution in [0.1, 0.15) is 11.6 Å². The maximum Gasteiger partial charge on any atom is 0.194 e. The first-order valence-electron chi connectivity index (χ1n) is 4.71. The number of hydrogen-bond acceptors (Lipinski definition) is 2. The van der Waals surface area contributed by atoms with Gasteiger partial charge in [0.25, 0.3) is 0 Å². The molecule has 0 saturated carbocycles. The van der Waals surface area contributed by atoms with Crippen LogP contribution in [0.5, 0.6) is 0 Å². The lowest BCUT2D eigenvalue weighted by molar-refractivity contribution is 0.585. The van der Waals surface area contributed by atoms with Gasteiger partial charge in [0.05, 0.1) is 12.1 Å². The average molecular weight is 250 g/mol. The van der Waals surface area contributed by atoms with Crippen molar-refractivity contribution in [1.29, 1.82) is 5.26 Å². The zero-order chi connectivity index (χ0) is 11.5. The Morgan fingerprint density at radius 3 is 2.69 bits per heavy atom. The number of rotatable bonds is 1. The van der Waals surface area contributed by atoms with E-state index in [2.05, 4.69) is 16.4 Å². The quantitative estimate of drug-likeness (QED) is 0.778. The highest BCUT2D eigenvalue weighted by molar-refractivity contribution is 7.80. The van der Waals surface area contributed by atoms with E-state index in [1.807, 2.05) is 30.3 Å². The monoisotopic (exact) mass is 249 g/mol. The highest BCUT2D eigenvalue weighted by Gasteiger charge is 2.31. The average Bonchev–Trinajstić information content (AvgIpc) is 2.29. The Bertz CT molecular complexity index is 478. The molecule has 1 aromatic rings. The molecule has 3 nitrogen and oxygen atoms in total. The molecule has 0 saturated heterocycles. The molecule has 1 aromatic carbocycles. The summed E-state index contributed by atoms with van der Waals surface area (Å²) in [5.41, 5.74) is 0.976. The van der Waals surface area contributed by atoms with E-state index in [0.717, 1.165) is 5.56 Å². The molecule has 5 heteroatoms. The molecule has 0 radical (unpaired) electrons. The summed E-state index contributed by atoms with van der Waals surface area (Å²) in [5, 5.41) is 12.7. The zero-order valence-corrected chi connectivity index (χ0v) is 9.79. The largest absolute Gasteiger partial charge is 0.352 e. The lowest BCUT2D eigenvalue weighted by atomic mass is 9.94. The minimum atomic E-state index is -0.490. The first kappa shape index (κ1) is 11.1. The molecule has 0 amide bonds. The van der Waals surface area contributed by atoms with Crippen LogP contribution in [-0.2, 0) is 0 Å². The predicted molar refractivity (Wildman–Crippen MR) is 67.3 cm³/mol. The number of nitrogens with zero attached hydrogens (tertiary/aromatic N) is 2. The number of nitriles is 1. The SMILES string of the molecule is N#CC1C(Cl)=NC(=S)NC1c1ccccc1. The molecule has 16 heavy (non-hydrogen) atoms. The smallest absolute Gasteiger partial charge is 0.194 e. The Balaban J connectivity index is 2.39. The molecule has 1 heterocycles. The van der Waals surface area contributed by atoms with Gasteiger partial charge in [0.2, 0.25) is 0 Å². The molecule has 0 aromatic heterocycles. The first-order chi connectivity index (χ1) is 7.72. The molecule has 0 bridgehead atoms. The van der Waals surface area contributed by atoms with Crippen LogP contribution in [0, 0.1) is 17.2 Å². The van der Waals surface area contributed by atoms with Crippen molar-refractivity contribution in [2.75, 3.05) is 0 Å². The van der Waals surface area contributed by atoms with Crippen molar-refractivity contribution in [2.45, 2.75) is 6.04 Å². The van der Waals surface area contributed by atoms with Gasteiger partial charge in [-0.1, -0.05) is 41.9 Å². The van der Waals surface area contributed by atoms with Gasteiger partial charge in [0.15, 0.2) is 5.11 Å². The van der Waals surface area contributed by atoms with Gasteiger partial charge in [-0.3, -0.25) is 0 Å². The van der Waals surface area contributed by atoms with E-state index in [-0.39, 0.29) is 11.2 Å². The van der Waals surface area contributed by atoms with E-state index >= 15 is 0 Å². The number of halogens is 1. The van der Waals surface area contributed by atoms with E-state index < -0.39 is 5.92 Å². The van der Waals surface area contributed by atoms with Crippen LogP contribution < -0.4 is 5.32 Å². The third kappa shape index (κ3) is 2.06. The van der Waals surface area contributed by atoms with E-state index in [1.165, 1.54) is 0 Å². The Hall–Kier alpha value is -1.44. The van der Waals surface area contributed by atoms with Crippen LogP contribution in [0.4, 0.5) is 0 Å². The summed E-state index contributed by atoms with van der Waals surface area (Å²) in [6.07, 6.45) is 0. The van der Waals surface area contributed by atoms with Crippen molar-refractivity contribution < 1.29 is 0 Å². The predicted octanol–water partition coefficient (Wildman–Crippen LogP) is 2.39. The molecule has 0 fully saturated rings. The minimum Gasteiger partial charge on any atom is -0.352 e. The summed E-state index contributed by atoms with van der Waals surface area (Å²) >= 11 is 10.9. The second-order valence-corrected chi connectivity index (χ2v) is 4.15. The van der Waals surface area contributed by atoms with Crippen molar-refractivity contribution in [3.8, 4) is 6.07 Å². The van der Waals surface area contributed by atoms with Gasteiger partial charge in [-0.05, 0) is 17.8 Å². The van der Waals surface area contributed by atoms with Gasteiger partial charge in [-0.2, -0.15) is 5.26 Å². The van der Waals surface area contributed by atoms with Crippen LogP contribution in [0.3, 0.4) is 0 Å². The van der Waals surface area contributed by atoms with Gasteiger partial charge in [0, 0.05) is 0 Å². The number of nitrogens with one attached hydrogen (secondary N) is 1. The van der Waals surface area contributed by atoms with E-state index in [0.29, 0.717) is 5.11 Å². The van der Waals surface area contributed by atoms with Crippen LogP contribution in [0.15, 0.2) is 35.3 Å². The lowest BCUT2D eigenvalue weighted by Gasteiger charge is -2.26. The Labute approximate surface area is 104 Å². The fraction of sp³-hybridized carbons (Fsp3) is 0.182. The molecule has 2 atom stereocenters. The number of thiocarbonyl (C=S) groups is 1. The van der Waals surface area contributed by atoms with Crippen LogP contribution in [-0.4, -0.2) is 10.3 Å². The van der Waals surface area contributed by atoms with Crippen molar-refractivity contribution in [1.82, 2.24) is 5.32 Å². The van der Waals surface area contributed by atoms with E-state index in [1.54, 1.807) is 0 Å². The molecule has 0 aliphatic carbocycles. The Morgan fingerprint density at radius 2 is 2.06 bits per heavy atom. The maximum absolute atomic E-state index is 9.08. The van der Waals surface area contributed by atoms with Crippen molar-refractivity contribution in [3.63, 3.8) is 0 Å². The fourth-order valence-electron chi connectivity index (χ4n) is 1.62. The lowest BCUT2D eigenvalue weighted by Crippen LogP contribution is -2.38. The summed E-state index contributed by atoms with van der Waals surface area (Å²) in [7, 11) is 0. The van der Waals surface area contributed by atoms with E-state index in [4.69, 9.17) is 29.1 Å². The summed E-state index contributed by atoms with van der Waals surface area (Å²) in [6, 6.07) is 11.5. The van der Waals surface area contributed by atoms with Gasteiger partial charge in [0.1, 0.15) is 11.1 Å². The molecule has 1 aliphatic rings. The molecule has 1 N–H and O–H groups in total. The van der Waals surface area contributed by atoms with Gasteiger partial charge < -0.3 is 5.32 Å². The standard InChI is InChI=1S/C11H8ClN3S/c12-10-8(6-13)9(14-11(16)15-10)7-4-2-1-3-5-7/h1-5,8-9H,(H,14,16). The number of hydrogen-bond donors (Lipinski definition) is 1. The van der Waals surface area contributed by atoms with Crippen LogP contribution >= 0.6 is 23.8 Å². The highest BCUT2D eigenvalue weighted by atomic mass is 35.5. The van der Waals surface area contributed by atoms with Crippen LogP contribution in [0.25, 0.3) is 0 Å². The summed E-state index contributed by atoms with van der Waals surface area (Å²) in [5.74, 6) is -0.490. The fourth-order valence-corrected chi connectivity index (χ4v) is 2.15. The first-order valence-corrected chi connectivity index (χ1v) is 5.50. The van der Waals surface area contributed by atoms with Gasteiger partial charge >= 0.3 is 0 Å². The number of benzene rings is 1. The van der Waals surface area contributed by atoms with Gasteiger partial charge in [-0.25, -0.2) is 4.99 Å². The summed E-state index contributed by atoms with van der Waals surface area (Å²) in [4.78, 5) is 3.89. The zero-order valence-electron chi connectivity index (χ0n) is 8.22. The third-order valence-corrected chi connectivity index (χ3v) is 2.90. The van der Waals surface area contributed by atoms with E-state index in [9.17, 15) is 0 Å². The van der Waals surface area contributed by atoms with Gasteiger partial charge in [-0.15, -0.1) is 0 Å². The molecule has 0 spiro atoms. The minimum absolute atomic E-state index is 0.219. The molecular weight excluding hydrogens is 242 g/mol. The molecular formula is C11H8ClN3S.